The van der Waals surface area contributed by atoms with Crippen molar-refractivity contribution in [3.8, 4) is 0 Å². The van der Waals surface area contributed by atoms with Crippen molar-refractivity contribution in [2.24, 2.45) is 9.98 Å². The molecule has 2 amide bonds. The molecule has 2 unspecified atom stereocenters. The minimum absolute atomic E-state index is 0.203. The summed E-state index contributed by atoms with van der Waals surface area (Å²) >= 11 is 12.5. The van der Waals surface area contributed by atoms with Gasteiger partial charge in [0.15, 0.2) is 0 Å². The quantitative estimate of drug-likeness (QED) is 0.705. The molecule has 2 aliphatic rings. The zero-order valence-corrected chi connectivity index (χ0v) is 16.4. The largest absolute Gasteiger partial charge is 0.337 e. The van der Waals surface area contributed by atoms with Crippen LogP contribution in [0.15, 0.2) is 46.9 Å². The molecule has 2 atom stereocenters. The SMILES string of the molecule is O=C1NC2C=NC(=NCCCn3ccnc3)NC2N1Cc1c(Cl)cccc1Cl. The van der Waals surface area contributed by atoms with Gasteiger partial charge in [-0.15, -0.1) is 0 Å². The van der Waals surface area contributed by atoms with E-state index in [1.54, 1.807) is 41.8 Å². The standard InChI is InChI=1S/C18H19Cl2N7O/c19-13-3-1-4-14(20)12(13)10-27-16-15(24-18(27)28)9-23-17(25-16)22-5-2-7-26-8-6-21-11-26/h1,3-4,6,8-9,11,15-16H,2,5,7,10H2,(H,22,25)(H,24,28). The highest BCUT2D eigenvalue weighted by atomic mass is 35.5. The third-order valence-corrected chi connectivity index (χ3v) is 5.35. The number of hydrogen-bond acceptors (Lipinski definition) is 3. The first-order valence-electron chi connectivity index (χ1n) is 8.93. The van der Waals surface area contributed by atoms with Crippen LogP contribution in [-0.2, 0) is 13.1 Å². The fourth-order valence-electron chi connectivity index (χ4n) is 3.20. The first-order valence-corrected chi connectivity index (χ1v) is 9.68. The summed E-state index contributed by atoms with van der Waals surface area (Å²) in [6.45, 7) is 1.75. The van der Waals surface area contributed by atoms with Crippen LogP contribution in [0.2, 0.25) is 10.0 Å². The van der Waals surface area contributed by atoms with Crippen molar-refractivity contribution in [1.82, 2.24) is 25.1 Å². The molecule has 2 N–H and O–H groups in total. The summed E-state index contributed by atoms with van der Waals surface area (Å²) < 4.78 is 2.00. The van der Waals surface area contributed by atoms with Gasteiger partial charge in [0, 0.05) is 47.3 Å². The van der Waals surface area contributed by atoms with Crippen molar-refractivity contribution >= 4 is 41.4 Å². The second-order valence-corrected chi connectivity index (χ2v) is 7.34. The number of fused-ring (bicyclic) bond motifs is 1. The molecule has 28 heavy (non-hydrogen) atoms. The Balaban J connectivity index is 1.41. The van der Waals surface area contributed by atoms with E-state index in [-0.39, 0.29) is 18.2 Å². The predicted molar refractivity (Wildman–Crippen MR) is 109 cm³/mol. The van der Waals surface area contributed by atoms with Gasteiger partial charge in [0.05, 0.1) is 12.9 Å². The molecule has 0 saturated carbocycles. The highest BCUT2D eigenvalue weighted by molar-refractivity contribution is 6.36. The number of carbonyl (C=O) groups excluding carboxylic acids is 1. The lowest BCUT2D eigenvalue weighted by atomic mass is 10.2. The van der Waals surface area contributed by atoms with Crippen LogP contribution >= 0.6 is 23.2 Å². The summed E-state index contributed by atoms with van der Waals surface area (Å²) in [4.78, 5) is 26.9. The molecule has 1 saturated heterocycles. The molecule has 1 fully saturated rings. The van der Waals surface area contributed by atoms with Gasteiger partial charge >= 0.3 is 6.03 Å². The maximum absolute atomic E-state index is 12.4. The summed E-state index contributed by atoms with van der Waals surface area (Å²) in [5, 5.41) is 7.19. The number of nitrogens with one attached hydrogen (secondary N) is 2. The van der Waals surface area contributed by atoms with Gasteiger partial charge in [-0.05, 0) is 18.6 Å². The smallest absolute Gasteiger partial charge is 0.320 e. The topological polar surface area (TPSA) is 86.9 Å². The highest BCUT2D eigenvalue weighted by Gasteiger charge is 2.41. The molecule has 1 aromatic carbocycles. The third-order valence-electron chi connectivity index (χ3n) is 4.65. The predicted octanol–water partition coefficient (Wildman–Crippen LogP) is 2.53. The Labute approximate surface area is 172 Å². The van der Waals surface area contributed by atoms with Crippen LogP contribution in [0.1, 0.15) is 12.0 Å². The Kier molecular flexibility index (Phi) is 5.50. The van der Waals surface area contributed by atoms with Gasteiger partial charge in [0.25, 0.3) is 0 Å². The Bertz CT molecular complexity index is 892. The maximum Gasteiger partial charge on any atom is 0.320 e. The van der Waals surface area contributed by atoms with Crippen molar-refractivity contribution in [3.63, 3.8) is 0 Å². The second-order valence-electron chi connectivity index (χ2n) is 6.53. The first kappa shape index (κ1) is 18.8. The number of aryl methyl sites for hydroxylation is 1. The van der Waals surface area contributed by atoms with Crippen molar-refractivity contribution in [2.75, 3.05) is 6.54 Å². The lowest BCUT2D eigenvalue weighted by Crippen LogP contribution is -2.53. The molecular formula is C18H19Cl2N7O. The molecule has 0 bridgehead atoms. The van der Waals surface area contributed by atoms with Gasteiger partial charge in [-0.2, -0.15) is 0 Å². The molecule has 146 valence electrons. The van der Waals surface area contributed by atoms with Crippen LogP contribution in [0.25, 0.3) is 0 Å². The lowest BCUT2D eigenvalue weighted by molar-refractivity contribution is 0.195. The highest BCUT2D eigenvalue weighted by Crippen LogP contribution is 2.28. The molecule has 2 aromatic rings. The number of aliphatic imine (C=N–C) groups is 2. The molecule has 2 aliphatic heterocycles. The van der Waals surface area contributed by atoms with Crippen LogP contribution in [0.3, 0.4) is 0 Å². The number of hydrogen-bond donors (Lipinski definition) is 2. The van der Waals surface area contributed by atoms with Crippen LogP contribution in [-0.4, -0.2) is 51.4 Å². The molecule has 0 aliphatic carbocycles. The van der Waals surface area contributed by atoms with Crippen molar-refractivity contribution in [1.29, 1.82) is 0 Å². The molecular weight excluding hydrogens is 401 g/mol. The van der Waals surface area contributed by atoms with E-state index >= 15 is 0 Å². The Morgan fingerprint density at radius 1 is 1.21 bits per heavy atom. The Morgan fingerprint density at radius 2 is 2.04 bits per heavy atom. The summed E-state index contributed by atoms with van der Waals surface area (Å²) in [7, 11) is 0. The first-order chi connectivity index (χ1) is 13.6. The van der Waals surface area contributed by atoms with E-state index < -0.39 is 0 Å². The van der Waals surface area contributed by atoms with E-state index in [2.05, 4.69) is 25.6 Å². The van der Waals surface area contributed by atoms with Crippen LogP contribution in [0, 0.1) is 0 Å². The lowest BCUT2D eigenvalue weighted by Gasteiger charge is -2.29. The van der Waals surface area contributed by atoms with Gasteiger partial charge in [-0.1, -0.05) is 29.3 Å². The monoisotopic (exact) mass is 419 g/mol. The van der Waals surface area contributed by atoms with E-state index in [4.69, 9.17) is 23.2 Å². The van der Waals surface area contributed by atoms with E-state index in [1.165, 1.54) is 0 Å². The van der Waals surface area contributed by atoms with Gasteiger partial charge in [0.2, 0.25) is 5.96 Å². The van der Waals surface area contributed by atoms with Crippen molar-refractivity contribution < 1.29 is 4.79 Å². The fraction of sp³-hybridized carbons (Fsp3) is 0.333. The van der Waals surface area contributed by atoms with Crippen LogP contribution in [0.5, 0.6) is 0 Å². The second kappa shape index (κ2) is 8.20. The summed E-state index contributed by atoms with van der Waals surface area (Å²) in [5.41, 5.74) is 0.713. The Hall–Kier alpha value is -2.58. The molecule has 10 heteroatoms. The molecule has 4 rings (SSSR count). The number of carbonyl (C=O) groups is 1. The number of imidazole rings is 1. The molecule has 3 heterocycles. The number of rotatable bonds is 6. The molecule has 0 spiro atoms. The Morgan fingerprint density at radius 3 is 2.79 bits per heavy atom. The van der Waals surface area contributed by atoms with Gasteiger partial charge in [-0.3, -0.25) is 9.89 Å². The number of benzene rings is 1. The summed E-state index contributed by atoms with van der Waals surface area (Å²) in [5.74, 6) is 0.513. The number of amides is 2. The van der Waals surface area contributed by atoms with E-state index in [9.17, 15) is 4.79 Å². The summed E-state index contributed by atoms with van der Waals surface area (Å²) in [6, 6.07) is 4.86. The normalized spacial score (nSPS) is 22.3. The number of aromatic nitrogens is 2. The van der Waals surface area contributed by atoms with E-state index in [0.29, 0.717) is 34.7 Å². The minimum Gasteiger partial charge on any atom is -0.337 e. The maximum atomic E-state index is 12.4. The van der Waals surface area contributed by atoms with Gasteiger partial charge in [-0.25, -0.2) is 14.8 Å². The third kappa shape index (κ3) is 3.98. The number of urea groups is 1. The van der Waals surface area contributed by atoms with Crippen molar-refractivity contribution in [2.45, 2.75) is 31.7 Å². The fourth-order valence-corrected chi connectivity index (χ4v) is 3.72. The molecule has 0 radical (unpaired) electrons. The number of nitrogens with zero attached hydrogens (tertiary/aromatic N) is 5. The molecule has 1 aromatic heterocycles. The zero-order valence-electron chi connectivity index (χ0n) is 14.9. The zero-order chi connectivity index (χ0) is 19.5. The van der Waals surface area contributed by atoms with E-state index in [0.717, 1.165) is 13.0 Å². The number of guanidine groups is 1. The number of halogens is 2. The van der Waals surface area contributed by atoms with Gasteiger partial charge in [0.1, 0.15) is 12.2 Å². The average Bonchev–Trinajstić information content (AvgIpc) is 3.29. The minimum atomic E-state index is -0.301. The average molecular weight is 420 g/mol. The van der Waals surface area contributed by atoms with Crippen LogP contribution in [0.4, 0.5) is 4.79 Å². The van der Waals surface area contributed by atoms with E-state index in [1.807, 2.05) is 10.8 Å². The molecule has 8 nitrogen and oxygen atoms in total. The van der Waals surface area contributed by atoms with Crippen molar-refractivity contribution in [3.05, 3.63) is 52.5 Å². The van der Waals surface area contributed by atoms with Gasteiger partial charge < -0.3 is 15.2 Å². The summed E-state index contributed by atoms with van der Waals surface area (Å²) in [6.07, 6.45) is 7.72. The van der Waals surface area contributed by atoms with Crippen LogP contribution < -0.4 is 10.6 Å².